The highest BCUT2D eigenvalue weighted by Crippen LogP contribution is 2.21. The van der Waals surface area contributed by atoms with Crippen LogP contribution in [-0.4, -0.2) is 20.6 Å². The quantitative estimate of drug-likeness (QED) is 0.776. The molecule has 4 nitrogen and oxygen atoms in total. The summed E-state index contributed by atoms with van der Waals surface area (Å²) in [6.07, 6.45) is 6.37. The first-order chi connectivity index (χ1) is 7.59. The van der Waals surface area contributed by atoms with Gasteiger partial charge < -0.3 is 0 Å². The largest absolute Gasteiger partial charge is 0.178 e. The Bertz CT molecular complexity index is 334. The fourth-order valence-electron chi connectivity index (χ4n) is 1.41. The van der Waals surface area contributed by atoms with Crippen LogP contribution in [0.15, 0.2) is 23.3 Å². The number of nitrogens with zero attached hydrogens (tertiary/aromatic N) is 3. The summed E-state index contributed by atoms with van der Waals surface area (Å²) in [4.78, 5) is 0. The number of nitrogens with one attached hydrogen (secondary N) is 1. The monoisotopic (exact) mass is 220 g/mol. The number of allylic oxidation sites excluding steroid dienone is 4. The van der Waals surface area contributed by atoms with Gasteiger partial charge in [-0.05, 0) is 40.5 Å². The van der Waals surface area contributed by atoms with Crippen LogP contribution in [0, 0.1) is 0 Å². The number of rotatable bonds is 5. The van der Waals surface area contributed by atoms with E-state index in [-0.39, 0.29) is 0 Å². The Morgan fingerprint density at radius 3 is 2.06 bits per heavy atom. The maximum absolute atomic E-state index is 4.07. The Hall–Kier alpha value is -1.45. The molecule has 1 aromatic rings. The molecule has 0 unspecified atom stereocenters. The molecule has 16 heavy (non-hydrogen) atoms. The van der Waals surface area contributed by atoms with Crippen LogP contribution in [0.25, 0.3) is 0 Å². The van der Waals surface area contributed by atoms with E-state index >= 15 is 0 Å². The zero-order chi connectivity index (χ0) is 12.0. The van der Waals surface area contributed by atoms with Crippen LogP contribution in [0.5, 0.6) is 0 Å². The third-order valence-corrected chi connectivity index (χ3v) is 2.35. The Labute approximate surface area is 96.8 Å². The molecule has 0 radical (unpaired) electrons. The smallest absolute Gasteiger partial charge is 0.177 e. The van der Waals surface area contributed by atoms with Gasteiger partial charge in [0.1, 0.15) is 0 Å². The predicted octanol–water partition coefficient (Wildman–Crippen LogP) is 3.00. The van der Waals surface area contributed by atoms with Crippen molar-refractivity contribution in [1.29, 1.82) is 0 Å². The van der Waals surface area contributed by atoms with Gasteiger partial charge in [0.15, 0.2) is 5.82 Å². The van der Waals surface area contributed by atoms with Gasteiger partial charge in [0, 0.05) is 5.92 Å². The van der Waals surface area contributed by atoms with Gasteiger partial charge in [-0.1, -0.05) is 28.5 Å². The Morgan fingerprint density at radius 1 is 1.12 bits per heavy atom. The first-order valence-corrected chi connectivity index (χ1v) is 5.59. The molecule has 1 N–H and O–H groups in total. The van der Waals surface area contributed by atoms with Gasteiger partial charge in [-0.3, -0.25) is 0 Å². The second kappa shape index (κ2) is 6.20. The van der Waals surface area contributed by atoms with E-state index in [1.807, 2.05) is 0 Å². The van der Waals surface area contributed by atoms with Crippen molar-refractivity contribution < 1.29 is 0 Å². The molecule has 0 fully saturated rings. The maximum Gasteiger partial charge on any atom is 0.178 e. The van der Waals surface area contributed by atoms with Crippen molar-refractivity contribution in [2.24, 2.45) is 0 Å². The Kier molecular flexibility index (Phi) is 4.89. The summed E-state index contributed by atoms with van der Waals surface area (Å²) in [5, 5.41) is 14.3. The summed E-state index contributed by atoms with van der Waals surface area (Å²) in [6.45, 7) is 8.42. The first kappa shape index (κ1) is 12.6. The summed E-state index contributed by atoms with van der Waals surface area (Å²) in [5.41, 5.74) is 2.65. The molecule has 0 spiro atoms. The summed E-state index contributed by atoms with van der Waals surface area (Å²) in [6, 6.07) is 0. The van der Waals surface area contributed by atoms with Gasteiger partial charge in [-0.2, -0.15) is 5.21 Å². The number of aromatic nitrogens is 4. The molecule has 1 heterocycles. The standard InChI is InChI=1S/C12H20N4/c1-9(2)5-7-11(8-6-10(3)4)12-13-15-16-14-12/h5-6,11H,7-8H2,1-4H3,(H,13,14,15,16). The van der Waals surface area contributed by atoms with Gasteiger partial charge in [0.2, 0.25) is 0 Å². The minimum absolute atomic E-state index is 0.323. The van der Waals surface area contributed by atoms with Crippen molar-refractivity contribution in [3.8, 4) is 0 Å². The lowest BCUT2D eigenvalue weighted by atomic mass is 9.98. The zero-order valence-corrected chi connectivity index (χ0v) is 10.5. The summed E-state index contributed by atoms with van der Waals surface area (Å²) >= 11 is 0. The van der Waals surface area contributed by atoms with E-state index in [0.717, 1.165) is 18.7 Å². The van der Waals surface area contributed by atoms with Crippen molar-refractivity contribution in [2.75, 3.05) is 0 Å². The van der Waals surface area contributed by atoms with E-state index in [1.165, 1.54) is 11.1 Å². The van der Waals surface area contributed by atoms with Gasteiger partial charge >= 0.3 is 0 Å². The number of aromatic amines is 1. The van der Waals surface area contributed by atoms with Crippen LogP contribution < -0.4 is 0 Å². The van der Waals surface area contributed by atoms with Gasteiger partial charge in [0.25, 0.3) is 0 Å². The third kappa shape index (κ3) is 4.38. The average molecular weight is 220 g/mol. The average Bonchev–Trinajstić information content (AvgIpc) is 2.70. The fraction of sp³-hybridized carbons (Fsp3) is 0.583. The molecule has 4 heteroatoms. The topological polar surface area (TPSA) is 54.5 Å². The Morgan fingerprint density at radius 2 is 1.69 bits per heavy atom. The second-order valence-corrected chi connectivity index (χ2v) is 4.50. The van der Waals surface area contributed by atoms with E-state index in [2.05, 4.69) is 60.5 Å². The van der Waals surface area contributed by atoms with Crippen LogP contribution in [0.4, 0.5) is 0 Å². The van der Waals surface area contributed by atoms with E-state index in [1.54, 1.807) is 0 Å². The summed E-state index contributed by atoms with van der Waals surface area (Å²) < 4.78 is 0. The zero-order valence-electron chi connectivity index (χ0n) is 10.5. The number of hydrogen-bond donors (Lipinski definition) is 1. The molecule has 0 aliphatic heterocycles. The van der Waals surface area contributed by atoms with Gasteiger partial charge in [-0.25, -0.2) is 0 Å². The SMILES string of the molecule is CC(C)=CCC(CC=C(C)C)c1nn[nH]n1. The van der Waals surface area contributed by atoms with E-state index < -0.39 is 0 Å². The summed E-state index contributed by atoms with van der Waals surface area (Å²) in [7, 11) is 0. The molecule has 0 amide bonds. The Balaban J connectivity index is 2.70. The maximum atomic E-state index is 4.07. The fourth-order valence-corrected chi connectivity index (χ4v) is 1.41. The number of H-pyrrole nitrogens is 1. The molecule has 0 bridgehead atoms. The van der Waals surface area contributed by atoms with Gasteiger partial charge in [-0.15, -0.1) is 10.2 Å². The minimum Gasteiger partial charge on any atom is -0.177 e. The molecule has 0 aliphatic carbocycles. The van der Waals surface area contributed by atoms with Crippen LogP contribution >= 0.6 is 0 Å². The normalized spacial score (nSPS) is 10.3. The van der Waals surface area contributed by atoms with E-state index in [4.69, 9.17) is 0 Å². The predicted molar refractivity (Wildman–Crippen MR) is 65.0 cm³/mol. The van der Waals surface area contributed by atoms with Crippen molar-refractivity contribution in [3.63, 3.8) is 0 Å². The highest BCUT2D eigenvalue weighted by Gasteiger charge is 2.13. The molecule has 1 aromatic heterocycles. The molecule has 88 valence electrons. The lowest BCUT2D eigenvalue weighted by Crippen LogP contribution is -2.00. The molecule has 0 atom stereocenters. The molecule has 0 saturated carbocycles. The minimum atomic E-state index is 0.323. The van der Waals surface area contributed by atoms with Crippen molar-refractivity contribution in [3.05, 3.63) is 29.1 Å². The highest BCUT2D eigenvalue weighted by molar-refractivity contribution is 5.05. The van der Waals surface area contributed by atoms with Gasteiger partial charge in [0.05, 0.1) is 0 Å². The molecule has 0 aliphatic rings. The molecular weight excluding hydrogens is 200 g/mol. The molecule has 0 saturated heterocycles. The first-order valence-electron chi connectivity index (χ1n) is 5.59. The van der Waals surface area contributed by atoms with Crippen LogP contribution in [0.3, 0.4) is 0 Å². The van der Waals surface area contributed by atoms with Crippen LogP contribution in [-0.2, 0) is 0 Å². The van der Waals surface area contributed by atoms with Crippen LogP contribution in [0.2, 0.25) is 0 Å². The number of tetrazole rings is 1. The summed E-state index contributed by atoms with van der Waals surface area (Å²) in [5.74, 6) is 1.12. The second-order valence-electron chi connectivity index (χ2n) is 4.50. The molecular formula is C12H20N4. The number of hydrogen-bond acceptors (Lipinski definition) is 3. The third-order valence-electron chi connectivity index (χ3n) is 2.35. The highest BCUT2D eigenvalue weighted by atomic mass is 15.5. The lowest BCUT2D eigenvalue weighted by Gasteiger charge is -2.08. The van der Waals surface area contributed by atoms with Crippen LogP contribution in [0.1, 0.15) is 52.3 Å². The van der Waals surface area contributed by atoms with Crippen molar-refractivity contribution in [2.45, 2.75) is 46.5 Å². The van der Waals surface area contributed by atoms with E-state index in [0.29, 0.717) is 5.92 Å². The molecule has 1 rings (SSSR count). The van der Waals surface area contributed by atoms with Crippen molar-refractivity contribution >= 4 is 0 Å². The molecule has 0 aromatic carbocycles. The lowest BCUT2D eigenvalue weighted by molar-refractivity contribution is 0.657. The van der Waals surface area contributed by atoms with Crippen molar-refractivity contribution in [1.82, 2.24) is 20.6 Å². The van der Waals surface area contributed by atoms with E-state index in [9.17, 15) is 0 Å².